The number of benzene rings is 1. The average molecular weight is 570 g/mol. The number of tetrazole rings is 1. The van der Waals surface area contributed by atoms with E-state index in [0.717, 1.165) is 50.1 Å². The van der Waals surface area contributed by atoms with E-state index in [0.29, 0.717) is 18.8 Å². The highest BCUT2D eigenvalue weighted by atomic mass is 79.9. The summed E-state index contributed by atoms with van der Waals surface area (Å²) in [5, 5.41) is 14.6. The number of hydrogen-bond acceptors (Lipinski definition) is 7. The Kier molecular flexibility index (Phi) is 6.88. The topological polar surface area (TPSA) is 112 Å². The molecule has 3 aromatic rings. The molecular weight excluding hydrogens is 548 g/mol. The van der Waals surface area contributed by atoms with Gasteiger partial charge in [0.15, 0.2) is 16.7 Å². The first-order chi connectivity index (χ1) is 17.5. The number of halogens is 2. The molecule has 1 aliphatic heterocycles. The molecule has 1 aliphatic carbocycles. The lowest BCUT2D eigenvalue weighted by Crippen LogP contribution is -2.16. The standard InChI is InChI=1S/C25H22BrClN6O3/c1-3-7-19-28-23(27)22(25(34)36-4-2)33(19)12-17-14-10-11-35-13-18(14)21(26)20(17)15-8-5-6-9-16(15)24-29-31-32-30-24/h5-6,8-11,13H,3-4,7,12H2,1-2H3,(H,29,30,31,32). The first kappa shape index (κ1) is 24.2. The molecule has 9 nitrogen and oxygen atoms in total. The van der Waals surface area contributed by atoms with Crippen molar-refractivity contribution in [1.82, 2.24) is 30.2 Å². The number of rotatable bonds is 8. The molecule has 2 aromatic heterocycles. The fourth-order valence-corrected chi connectivity index (χ4v) is 5.47. The van der Waals surface area contributed by atoms with Crippen LogP contribution in [-0.2, 0) is 17.7 Å². The van der Waals surface area contributed by atoms with Crippen LogP contribution >= 0.6 is 27.5 Å². The van der Waals surface area contributed by atoms with Crippen LogP contribution in [0.3, 0.4) is 0 Å². The van der Waals surface area contributed by atoms with Crippen LogP contribution in [-0.4, -0.2) is 42.8 Å². The minimum Gasteiger partial charge on any atom is -0.472 e. The number of hydrogen-bond donors (Lipinski definition) is 1. The van der Waals surface area contributed by atoms with Crippen molar-refractivity contribution in [3.63, 3.8) is 0 Å². The van der Waals surface area contributed by atoms with Crippen molar-refractivity contribution in [2.75, 3.05) is 6.61 Å². The molecule has 0 bridgehead atoms. The zero-order chi connectivity index (χ0) is 25.2. The molecule has 0 radical (unpaired) electrons. The van der Waals surface area contributed by atoms with Gasteiger partial charge in [0.05, 0.1) is 25.7 Å². The Labute approximate surface area is 220 Å². The Morgan fingerprint density at radius 2 is 1.97 bits per heavy atom. The average Bonchev–Trinajstić information content (AvgIpc) is 3.58. The van der Waals surface area contributed by atoms with Gasteiger partial charge in [-0.1, -0.05) is 42.8 Å². The molecule has 0 atom stereocenters. The van der Waals surface area contributed by atoms with Crippen molar-refractivity contribution < 1.29 is 13.9 Å². The number of ether oxygens (including phenoxy) is 1. The number of aromatic amines is 1. The van der Waals surface area contributed by atoms with Gasteiger partial charge < -0.3 is 13.7 Å². The van der Waals surface area contributed by atoms with E-state index in [-0.39, 0.29) is 17.5 Å². The molecular formula is C25H22BrClN6O3. The first-order valence-electron chi connectivity index (χ1n) is 11.5. The molecule has 0 amide bonds. The predicted molar refractivity (Wildman–Crippen MR) is 138 cm³/mol. The van der Waals surface area contributed by atoms with Crippen molar-refractivity contribution in [3.8, 4) is 33.6 Å². The minimum atomic E-state index is -0.503. The number of carbonyl (C=O) groups excluding carboxylic acids is 1. The fourth-order valence-electron chi connectivity index (χ4n) is 4.43. The van der Waals surface area contributed by atoms with E-state index in [4.69, 9.17) is 20.8 Å². The quantitative estimate of drug-likeness (QED) is 0.227. The van der Waals surface area contributed by atoms with Crippen LogP contribution in [0.2, 0.25) is 5.15 Å². The van der Waals surface area contributed by atoms with Crippen LogP contribution in [0.1, 0.15) is 42.1 Å². The van der Waals surface area contributed by atoms with E-state index in [1.54, 1.807) is 19.5 Å². The molecule has 0 fully saturated rings. The van der Waals surface area contributed by atoms with Crippen LogP contribution < -0.4 is 0 Å². The molecule has 1 aromatic carbocycles. The molecule has 0 saturated heterocycles. The van der Waals surface area contributed by atoms with Gasteiger partial charge in [0, 0.05) is 27.6 Å². The van der Waals surface area contributed by atoms with E-state index in [9.17, 15) is 4.79 Å². The highest BCUT2D eigenvalue weighted by Gasteiger charge is 2.29. The van der Waals surface area contributed by atoms with Gasteiger partial charge in [0.25, 0.3) is 0 Å². The first-order valence-corrected chi connectivity index (χ1v) is 12.6. The summed E-state index contributed by atoms with van der Waals surface area (Å²) in [5.74, 6) is 0.759. The number of imidazole rings is 1. The normalized spacial score (nSPS) is 11.3. The Morgan fingerprint density at radius 3 is 2.69 bits per heavy atom. The zero-order valence-corrected chi connectivity index (χ0v) is 21.9. The SMILES string of the molecule is CCCc1nc(Cl)c(C(=O)OCC)n1Cc1c2ccocc-2c(Br)c1-c1ccccc1-c1nnn[nH]1. The molecule has 1 N–H and O–H groups in total. The van der Waals surface area contributed by atoms with Crippen molar-refractivity contribution in [3.05, 3.63) is 69.6 Å². The Hall–Kier alpha value is -3.50. The molecule has 0 saturated carbocycles. The highest BCUT2D eigenvalue weighted by Crippen LogP contribution is 2.48. The van der Waals surface area contributed by atoms with Gasteiger partial charge in [-0.2, -0.15) is 0 Å². The van der Waals surface area contributed by atoms with Crippen molar-refractivity contribution >= 4 is 33.5 Å². The third-order valence-electron chi connectivity index (χ3n) is 5.93. The lowest BCUT2D eigenvalue weighted by Gasteiger charge is -2.15. The number of nitrogens with one attached hydrogen (secondary N) is 1. The van der Waals surface area contributed by atoms with Crippen LogP contribution in [0.25, 0.3) is 33.6 Å². The van der Waals surface area contributed by atoms with Crippen LogP contribution in [0, 0.1) is 0 Å². The van der Waals surface area contributed by atoms with Gasteiger partial charge in [0.1, 0.15) is 5.82 Å². The van der Waals surface area contributed by atoms with Gasteiger partial charge in [0.2, 0.25) is 0 Å². The van der Waals surface area contributed by atoms with Gasteiger partial charge >= 0.3 is 5.97 Å². The number of carbonyl (C=O) groups is 1. The van der Waals surface area contributed by atoms with Gasteiger partial charge in [-0.15, -0.1) is 5.10 Å². The lowest BCUT2D eigenvalue weighted by molar-refractivity contribution is 0.0514. The van der Waals surface area contributed by atoms with Crippen LogP contribution in [0.5, 0.6) is 0 Å². The second kappa shape index (κ2) is 10.2. The summed E-state index contributed by atoms with van der Waals surface area (Å²) >= 11 is 10.3. The number of aromatic nitrogens is 6. The maximum atomic E-state index is 12.9. The Bertz CT molecular complexity index is 1490. The molecule has 3 heterocycles. The summed E-state index contributed by atoms with van der Waals surface area (Å²) in [5.41, 5.74) is 5.75. The van der Waals surface area contributed by atoms with Crippen molar-refractivity contribution in [1.29, 1.82) is 0 Å². The Balaban J connectivity index is 1.76. The number of fused-ring (bicyclic) bond motifs is 1. The summed E-state index contributed by atoms with van der Waals surface area (Å²) < 4.78 is 13.5. The number of aryl methyl sites for hydroxylation is 1. The number of nitrogens with zero attached hydrogens (tertiary/aromatic N) is 5. The van der Waals surface area contributed by atoms with Crippen LogP contribution in [0.4, 0.5) is 0 Å². The van der Waals surface area contributed by atoms with E-state index < -0.39 is 5.97 Å². The maximum absolute atomic E-state index is 12.9. The molecule has 11 heteroatoms. The zero-order valence-electron chi connectivity index (χ0n) is 19.6. The van der Waals surface area contributed by atoms with E-state index in [1.807, 2.05) is 34.9 Å². The fraction of sp³-hybridized carbons (Fsp3) is 0.240. The van der Waals surface area contributed by atoms with E-state index in [2.05, 4.69) is 48.5 Å². The van der Waals surface area contributed by atoms with Crippen molar-refractivity contribution in [2.45, 2.75) is 33.2 Å². The molecule has 0 spiro atoms. The summed E-state index contributed by atoms with van der Waals surface area (Å²) in [7, 11) is 0. The largest absolute Gasteiger partial charge is 0.472 e. The summed E-state index contributed by atoms with van der Waals surface area (Å²) in [6.45, 7) is 4.39. The summed E-state index contributed by atoms with van der Waals surface area (Å²) in [6.07, 6.45) is 4.83. The smallest absolute Gasteiger partial charge is 0.358 e. The van der Waals surface area contributed by atoms with Gasteiger partial charge in [-0.25, -0.2) is 14.9 Å². The minimum absolute atomic E-state index is 0.136. The van der Waals surface area contributed by atoms with E-state index in [1.165, 1.54) is 0 Å². The van der Waals surface area contributed by atoms with Crippen LogP contribution in [0.15, 0.2) is 51.7 Å². The predicted octanol–water partition coefficient (Wildman–Crippen LogP) is 6.02. The van der Waals surface area contributed by atoms with Gasteiger partial charge in [-0.3, -0.25) is 0 Å². The number of esters is 1. The lowest BCUT2D eigenvalue weighted by atomic mass is 9.97. The number of H-pyrrole nitrogens is 1. The molecule has 36 heavy (non-hydrogen) atoms. The third kappa shape index (κ3) is 4.20. The summed E-state index contributed by atoms with van der Waals surface area (Å²) in [6, 6.07) is 9.77. The second-order valence-corrected chi connectivity index (χ2v) is 9.22. The molecule has 0 unspecified atom stereocenters. The molecule has 5 rings (SSSR count). The second-order valence-electron chi connectivity index (χ2n) is 8.07. The van der Waals surface area contributed by atoms with Gasteiger partial charge in [-0.05, 0) is 62.5 Å². The summed E-state index contributed by atoms with van der Waals surface area (Å²) in [4.78, 5) is 17.4. The van der Waals surface area contributed by atoms with E-state index >= 15 is 0 Å². The third-order valence-corrected chi connectivity index (χ3v) is 7.02. The van der Waals surface area contributed by atoms with Crippen molar-refractivity contribution in [2.24, 2.45) is 0 Å². The highest BCUT2D eigenvalue weighted by molar-refractivity contribution is 9.10. The maximum Gasteiger partial charge on any atom is 0.358 e. The monoisotopic (exact) mass is 568 g/mol. The molecule has 184 valence electrons. The molecule has 2 aliphatic rings. The Morgan fingerprint density at radius 1 is 1.17 bits per heavy atom.